The van der Waals surface area contributed by atoms with E-state index in [-0.39, 0.29) is 6.04 Å². The molecule has 1 N–H and O–H groups in total. The number of rotatable bonds is 11. The maximum absolute atomic E-state index is 11.1. The fraction of sp³-hybridized carbons (Fsp3) is 0.379. The number of hydrogen-bond donors (Lipinski definition) is 1. The van der Waals surface area contributed by atoms with Gasteiger partial charge in [0.25, 0.3) is 0 Å². The lowest BCUT2D eigenvalue weighted by atomic mass is 10.0. The summed E-state index contributed by atoms with van der Waals surface area (Å²) in [4.78, 5) is 2.27. The van der Waals surface area contributed by atoms with E-state index in [1.165, 1.54) is 11.1 Å². The van der Waals surface area contributed by atoms with Crippen molar-refractivity contribution in [2.24, 2.45) is 0 Å². The van der Waals surface area contributed by atoms with Gasteiger partial charge in [0.2, 0.25) is 5.79 Å². The summed E-state index contributed by atoms with van der Waals surface area (Å²) in [5.41, 5.74) is 3.19. The Morgan fingerprint density at radius 2 is 1.77 bits per heavy atom. The van der Waals surface area contributed by atoms with Crippen LogP contribution in [0.3, 0.4) is 0 Å². The van der Waals surface area contributed by atoms with Gasteiger partial charge in [0, 0.05) is 23.2 Å². The van der Waals surface area contributed by atoms with Crippen LogP contribution in [0.4, 0.5) is 0 Å². The molecule has 0 amide bonds. The van der Waals surface area contributed by atoms with Crippen molar-refractivity contribution in [1.29, 1.82) is 0 Å². The Hall–Kier alpha value is -2.41. The molecule has 1 aliphatic heterocycles. The molecule has 1 aliphatic rings. The summed E-state index contributed by atoms with van der Waals surface area (Å²) in [5, 5.41) is 11.7. The molecular weight excluding hydrogens is 462 g/mol. The fourth-order valence-corrected chi connectivity index (χ4v) is 4.55. The van der Waals surface area contributed by atoms with E-state index in [2.05, 4.69) is 36.1 Å². The molecule has 1 heterocycles. The van der Waals surface area contributed by atoms with E-state index in [4.69, 9.17) is 25.8 Å². The highest BCUT2D eigenvalue weighted by atomic mass is 35.5. The standard InChI is InChI=1S/C29H34ClNO4/c1-23(31-15-17-35-29(32,22-31)26-8-5-9-27(30)21-26)20-25-10-12-28(13-11-25)34-19-18-33-16-14-24-6-3-2-4-7-24/h2-13,21,23,32H,14-20,22H2,1H3. The van der Waals surface area contributed by atoms with Gasteiger partial charge in [-0.15, -0.1) is 0 Å². The van der Waals surface area contributed by atoms with Crippen LogP contribution in [0.5, 0.6) is 5.75 Å². The Morgan fingerprint density at radius 3 is 2.54 bits per heavy atom. The highest BCUT2D eigenvalue weighted by Gasteiger charge is 2.37. The molecule has 3 aromatic rings. The molecule has 0 bridgehead atoms. The van der Waals surface area contributed by atoms with Gasteiger partial charge in [-0.05, 0) is 55.2 Å². The van der Waals surface area contributed by atoms with Gasteiger partial charge >= 0.3 is 0 Å². The number of ether oxygens (including phenoxy) is 3. The van der Waals surface area contributed by atoms with E-state index in [1.54, 1.807) is 12.1 Å². The van der Waals surface area contributed by atoms with E-state index in [1.807, 2.05) is 42.5 Å². The second-order valence-corrected chi connectivity index (χ2v) is 9.44. The quantitative estimate of drug-likeness (QED) is 0.376. The van der Waals surface area contributed by atoms with Crippen molar-refractivity contribution in [3.63, 3.8) is 0 Å². The minimum Gasteiger partial charge on any atom is -0.491 e. The summed E-state index contributed by atoms with van der Waals surface area (Å²) < 4.78 is 17.3. The second-order valence-electron chi connectivity index (χ2n) is 9.01. The molecular formula is C29H34ClNO4. The number of nitrogens with zero attached hydrogens (tertiary/aromatic N) is 1. The van der Waals surface area contributed by atoms with Gasteiger partial charge in [-0.2, -0.15) is 0 Å². The highest BCUT2D eigenvalue weighted by Crippen LogP contribution is 2.30. The summed E-state index contributed by atoms with van der Waals surface area (Å²) in [7, 11) is 0. The topological polar surface area (TPSA) is 51.2 Å². The Kier molecular flexibility index (Phi) is 9.18. The summed E-state index contributed by atoms with van der Waals surface area (Å²) in [5.74, 6) is -0.507. The van der Waals surface area contributed by atoms with Crippen molar-refractivity contribution in [2.45, 2.75) is 31.6 Å². The molecule has 0 saturated carbocycles. The normalized spacial score (nSPS) is 19.4. The third-order valence-corrected chi connectivity index (χ3v) is 6.60. The van der Waals surface area contributed by atoms with Crippen LogP contribution in [0.1, 0.15) is 23.6 Å². The first-order valence-corrected chi connectivity index (χ1v) is 12.6. The van der Waals surface area contributed by atoms with E-state index >= 15 is 0 Å². The molecule has 1 saturated heterocycles. The Morgan fingerprint density at radius 1 is 0.971 bits per heavy atom. The molecule has 35 heavy (non-hydrogen) atoms. The third-order valence-electron chi connectivity index (χ3n) is 6.36. The van der Waals surface area contributed by atoms with Gasteiger partial charge in [-0.3, -0.25) is 4.90 Å². The summed E-state index contributed by atoms with van der Waals surface area (Å²) in [6.45, 7) is 5.61. The minimum atomic E-state index is -1.35. The number of β-amino-alcohol motifs (C(OH)–C–C–N with tert-alkyl or cyclic N) is 1. The monoisotopic (exact) mass is 495 g/mol. The molecule has 0 radical (unpaired) electrons. The second kappa shape index (κ2) is 12.5. The fourth-order valence-electron chi connectivity index (χ4n) is 4.36. The van der Waals surface area contributed by atoms with Crippen LogP contribution in [-0.2, 0) is 28.1 Å². The molecule has 2 atom stereocenters. The molecule has 0 spiro atoms. The molecule has 4 rings (SSSR count). The maximum atomic E-state index is 11.1. The lowest BCUT2D eigenvalue weighted by Gasteiger charge is -2.42. The zero-order valence-electron chi connectivity index (χ0n) is 20.2. The summed E-state index contributed by atoms with van der Waals surface area (Å²) in [6.07, 6.45) is 1.78. The molecule has 0 aliphatic carbocycles. The van der Waals surface area contributed by atoms with Crippen molar-refractivity contribution in [3.8, 4) is 5.75 Å². The van der Waals surface area contributed by atoms with Gasteiger partial charge in [-0.1, -0.05) is 66.2 Å². The van der Waals surface area contributed by atoms with E-state index < -0.39 is 5.79 Å². The predicted octanol–water partition coefficient (Wildman–Crippen LogP) is 5.09. The van der Waals surface area contributed by atoms with Crippen LogP contribution >= 0.6 is 11.6 Å². The van der Waals surface area contributed by atoms with E-state index in [0.717, 1.165) is 25.1 Å². The maximum Gasteiger partial charge on any atom is 0.205 e. The third kappa shape index (κ3) is 7.53. The molecule has 0 aromatic heterocycles. The van der Waals surface area contributed by atoms with Gasteiger partial charge in [0.15, 0.2) is 0 Å². The zero-order valence-corrected chi connectivity index (χ0v) is 21.0. The first-order valence-electron chi connectivity index (χ1n) is 12.2. The number of halogens is 1. The summed E-state index contributed by atoms with van der Waals surface area (Å²) in [6, 6.07) is 26.1. The van der Waals surface area contributed by atoms with Gasteiger partial charge < -0.3 is 19.3 Å². The average Bonchev–Trinajstić information content (AvgIpc) is 2.88. The first-order chi connectivity index (χ1) is 17.0. The van der Waals surface area contributed by atoms with Gasteiger partial charge in [-0.25, -0.2) is 0 Å². The SMILES string of the molecule is CC(Cc1ccc(OCCOCCc2ccccc2)cc1)N1CCOC(O)(c2cccc(Cl)c2)C1. The lowest BCUT2D eigenvalue weighted by Crippen LogP contribution is -2.53. The van der Waals surface area contributed by atoms with Crippen molar-refractivity contribution in [2.75, 3.05) is 39.5 Å². The first kappa shape index (κ1) is 25.7. The van der Waals surface area contributed by atoms with Crippen LogP contribution in [0.2, 0.25) is 5.02 Å². The number of aliphatic hydroxyl groups is 1. The lowest BCUT2D eigenvalue weighted by molar-refractivity contribution is -0.251. The van der Waals surface area contributed by atoms with Gasteiger partial charge in [0.05, 0.1) is 26.4 Å². The zero-order chi connectivity index (χ0) is 24.5. The molecule has 186 valence electrons. The van der Waals surface area contributed by atoms with Gasteiger partial charge in [0.1, 0.15) is 12.4 Å². The van der Waals surface area contributed by atoms with Crippen LogP contribution in [0, 0.1) is 0 Å². The highest BCUT2D eigenvalue weighted by molar-refractivity contribution is 6.30. The smallest absolute Gasteiger partial charge is 0.205 e. The van der Waals surface area contributed by atoms with E-state index in [9.17, 15) is 5.11 Å². The van der Waals surface area contributed by atoms with Crippen molar-refractivity contribution in [1.82, 2.24) is 4.90 Å². The number of morpholine rings is 1. The average molecular weight is 496 g/mol. The van der Waals surface area contributed by atoms with Crippen molar-refractivity contribution >= 4 is 11.6 Å². The van der Waals surface area contributed by atoms with Crippen LogP contribution in [0.15, 0.2) is 78.9 Å². The molecule has 2 unspecified atom stereocenters. The van der Waals surface area contributed by atoms with Crippen molar-refractivity contribution < 1.29 is 19.3 Å². The predicted molar refractivity (Wildman–Crippen MR) is 139 cm³/mol. The van der Waals surface area contributed by atoms with Crippen LogP contribution < -0.4 is 4.74 Å². The Bertz CT molecular complexity index is 1050. The van der Waals surface area contributed by atoms with Crippen molar-refractivity contribution in [3.05, 3.63) is 101 Å². The Labute approximate surface area is 213 Å². The minimum absolute atomic E-state index is 0.245. The largest absolute Gasteiger partial charge is 0.491 e. The molecule has 5 nitrogen and oxygen atoms in total. The number of hydrogen-bond acceptors (Lipinski definition) is 5. The molecule has 6 heteroatoms. The summed E-state index contributed by atoms with van der Waals surface area (Å²) >= 11 is 6.12. The molecule has 1 fully saturated rings. The van der Waals surface area contributed by atoms with Crippen LogP contribution in [0.25, 0.3) is 0 Å². The van der Waals surface area contributed by atoms with E-state index in [0.29, 0.717) is 43.6 Å². The van der Waals surface area contributed by atoms with Crippen LogP contribution in [-0.4, -0.2) is 55.6 Å². The Balaban J connectivity index is 1.20. The molecule has 3 aromatic carbocycles. The number of benzene rings is 3.